The summed E-state index contributed by atoms with van der Waals surface area (Å²) < 4.78 is 3.24. The van der Waals surface area contributed by atoms with E-state index in [0.717, 1.165) is 22.3 Å². The van der Waals surface area contributed by atoms with Crippen molar-refractivity contribution in [1.29, 1.82) is 0 Å². The number of pyridine rings is 1. The summed E-state index contributed by atoms with van der Waals surface area (Å²) >= 11 is 0. The van der Waals surface area contributed by atoms with Crippen LogP contribution < -0.4 is 5.69 Å². The quantitative estimate of drug-likeness (QED) is 0.448. The Morgan fingerprint density at radius 2 is 1.41 bits per heavy atom. The van der Waals surface area contributed by atoms with Gasteiger partial charge in [-0.1, -0.05) is 80.9 Å². The minimum absolute atomic E-state index is 0. The molecule has 0 spiro atoms. The van der Waals surface area contributed by atoms with Crippen LogP contribution in [0.1, 0.15) is 32.4 Å². The predicted octanol–water partition coefficient (Wildman–Crippen LogP) is 5.74. The van der Waals surface area contributed by atoms with Crippen molar-refractivity contribution in [3.05, 3.63) is 82.4 Å². The highest BCUT2D eigenvalue weighted by Gasteiger charge is 2.17. The molecule has 2 heterocycles. The number of hydrogen-bond acceptors (Lipinski definition) is 2. The van der Waals surface area contributed by atoms with Crippen molar-refractivity contribution in [3.63, 3.8) is 0 Å². The van der Waals surface area contributed by atoms with Crippen LogP contribution in [-0.4, -0.2) is 14.2 Å². The van der Waals surface area contributed by atoms with Crippen molar-refractivity contribution in [2.45, 2.75) is 41.7 Å². The van der Waals surface area contributed by atoms with E-state index in [1.807, 2.05) is 12.3 Å². The fourth-order valence-corrected chi connectivity index (χ4v) is 3.52. The van der Waals surface area contributed by atoms with Crippen molar-refractivity contribution in [1.82, 2.24) is 14.2 Å². The Hall–Kier alpha value is -3.14. The number of fused-ring (bicyclic) bond motifs is 1. The van der Waals surface area contributed by atoms with Gasteiger partial charge in [-0.05, 0) is 42.5 Å². The average molecular weight is 388 g/mol. The van der Waals surface area contributed by atoms with Crippen LogP contribution in [0.5, 0.6) is 0 Å². The van der Waals surface area contributed by atoms with Crippen LogP contribution in [0, 0.1) is 19.8 Å². The highest BCUT2D eigenvalue weighted by atomic mass is 16.2. The summed E-state index contributed by atoms with van der Waals surface area (Å²) in [5.41, 5.74) is 7.29. The van der Waals surface area contributed by atoms with Gasteiger partial charge in [0, 0.05) is 18.3 Å². The van der Waals surface area contributed by atoms with E-state index in [1.165, 1.54) is 11.1 Å². The van der Waals surface area contributed by atoms with E-state index >= 15 is 0 Å². The van der Waals surface area contributed by atoms with Gasteiger partial charge < -0.3 is 0 Å². The van der Waals surface area contributed by atoms with E-state index in [4.69, 9.17) is 5.10 Å². The van der Waals surface area contributed by atoms with Crippen LogP contribution in [-0.2, 0) is 6.54 Å². The molecule has 150 valence electrons. The first-order chi connectivity index (χ1) is 13.4. The molecule has 0 unspecified atom stereocenters. The van der Waals surface area contributed by atoms with Crippen molar-refractivity contribution in [3.8, 4) is 22.3 Å². The highest BCUT2D eigenvalue weighted by molar-refractivity contribution is 5.91. The Labute approximate surface area is 172 Å². The van der Waals surface area contributed by atoms with Gasteiger partial charge in [0.25, 0.3) is 0 Å². The van der Waals surface area contributed by atoms with Crippen LogP contribution in [0.2, 0.25) is 0 Å². The van der Waals surface area contributed by atoms with E-state index in [9.17, 15) is 4.79 Å². The maximum absolute atomic E-state index is 12.9. The van der Waals surface area contributed by atoms with Gasteiger partial charge in [0.2, 0.25) is 0 Å². The summed E-state index contributed by atoms with van der Waals surface area (Å²) in [7, 11) is 0. The van der Waals surface area contributed by atoms with E-state index in [2.05, 4.69) is 76.2 Å². The molecule has 4 rings (SSSR count). The van der Waals surface area contributed by atoms with Gasteiger partial charge in [-0.3, -0.25) is 0 Å². The van der Waals surface area contributed by atoms with E-state index in [-0.39, 0.29) is 13.1 Å². The predicted molar refractivity (Wildman–Crippen MR) is 121 cm³/mol. The normalized spacial score (nSPS) is 11.1. The number of nitrogens with zero attached hydrogens (tertiary/aromatic N) is 3. The van der Waals surface area contributed by atoms with Gasteiger partial charge in [0.05, 0.1) is 0 Å². The SMILES string of the molecule is C.Cc1ccc(-c2ccn3c(=O)n(CC(C)C)nc3c2-c2ccc(C)cc2)cc1. The second-order valence-corrected chi connectivity index (χ2v) is 7.89. The largest absolute Gasteiger partial charge is 0.350 e. The molecular weight excluding hydrogens is 358 g/mol. The number of aromatic nitrogens is 3. The Morgan fingerprint density at radius 3 is 1.97 bits per heavy atom. The molecule has 0 aliphatic heterocycles. The first kappa shape index (κ1) is 20.6. The van der Waals surface area contributed by atoms with Crippen LogP contribution in [0.15, 0.2) is 65.6 Å². The van der Waals surface area contributed by atoms with Gasteiger partial charge in [0.1, 0.15) is 0 Å². The molecular formula is C25H29N3O. The van der Waals surface area contributed by atoms with Crippen molar-refractivity contribution >= 4 is 5.65 Å². The minimum Gasteiger partial charge on any atom is -0.250 e. The van der Waals surface area contributed by atoms with Crippen molar-refractivity contribution in [2.75, 3.05) is 0 Å². The van der Waals surface area contributed by atoms with Gasteiger partial charge in [0.15, 0.2) is 5.65 Å². The summed E-state index contributed by atoms with van der Waals surface area (Å²) in [6.45, 7) is 8.95. The average Bonchev–Trinajstić information content (AvgIpc) is 2.98. The van der Waals surface area contributed by atoms with Crippen molar-refractivity contribution < 1.29 is 0 Å². The molecule has 4 nitrogen and oxygen atoms in total. The van der Waals surface area contributed by atoms with Gasteiger partial charge in [-0.25, -0.2) is 13.9 Å². The first-order valence-electron chi connectivity index (χ1n) is 9.70. The molecule has 0 saturated carbocycles. The van der Waals surface area contributed by atoms with Crippen LogP contribution in [0.25, 0.3) is 27.9 Å². The molecule has 0 aliphatic carbocycles. The molecule has 4 aromatic rings. The van der Waals surface area contributed by atoms with Gasteiger partial charge in [-0.15, -0.1) is 5.10 Å². The Balaban J connectivity index is 0.00000240. The molecule has 2 aromatic carbocycles. The van der Waals surface area contributed by atoms with Crippen LogP contribution in [0.4, 0.5) is 0 Å². The monoisotopic (exact) mass is 387 g/mol. The van der Waals surface area contributed by atoms with E-state index in [0.29, 0.717) is 18.1 Å². The molecule has 4 heteroatoms. The Morgan fingerprint density at radius 1 is 0.862 bits per heavy atom. The molecule has 0 saturated heterocycles. The molecule has 0 bridgehead atoms. The number of rotatable bonds is 4. The highest BCUT2D eigenvalue weighted by Crippen LogP contribution is 2.34. The lowest BCUT2D eigenvalue weighted by Crippen LogP contribution is -2.23. The standard InChI is InChI=1S/C24H25N3O.CH4/c1-16(2)15-27-24(28)26-14-13-21(19-9-5-17(3)6-10-19)22(23(26)25-27)20-11-7-18(4)8-12-20;/h5-14,16H,15H2,1-4H3;1H4. The number of aryl methyl sites for hydroxylation is 2. The second kappa shape index (κ2) is 8.08. The topological polar surface area (TPSA) is 39.3 Å². The zero-order valence-corrected chi connectivity index (χ0v) is 16.8. The third kappa shape index (κ3) is 3.88. The third-order valence-electron chi connectivity index (χ3n) is 4.99. The van der Waals surface area contributed by atoms with E-state index < -0.39 is 0 Å². The summed E-state index contributed by atoms with van der Waals surface area (Å²) in [5.74, 6) is 0.349. The maximum atomic E-state index is 12.9. The van der Waals surface area contributed by atoms with Crippen molar-refractivity contribution in [2.24, 2.45) is 5.92 Å². The van der Waals surface area contributed by atoms with Crippen LogP contribution in [0.3, 0.4) is 0 Å². The molecule has 0 atom stereocenters. The zero-order valence-electron chi connectivity index (χ0n) is 16.8. The molecule has 0 N–H and O–H groups in total. The van der Waals surface area contributed by atoms with Gasteiger partial charge >= 0.3 is 5.69 Å². The molecule has 0 amide bonds. The Kier molecular flexibility index (Phi) is 5.73. The first-order valence-corrected chi connectivity index (χ1v) is 9.70. The molecule has 29 heavy (non-hydrogen) atoms. The molecule has 0 aliphatic rings. The molecule has 0 fully saturated rings. The second-order valence-electron chi connectivity index (χ2n) is 7.89. The fourth-order valence-electron chi connectivity index (χ4n) is 3.52. The lowest BCUT2D eigenvalue weighted by atomic mass is 9.95. The smallest absolute Gasteiger partial charge is 0.250 e. The lowest BCUT2D eigenvalue weighted by Gasteiger charge is -2.12. The fraction of sp³-hybridized carbons (Fsp3) is 0.280. The summed E-state index contributed by atoms with van der Waals surface area (Å²) in [4.78, 5) is 12.9. The number of hydrogen-bond donors (Lipinski definition) is 0. The summed E-state index contributed by atoms with van der Waals surface area (Å²) in [5, 5.41) is 4.72. The van der Waals surface area contributed by atoms with E-state index in [1.54, 1.807) is 9.08 Å². The maximum Gasteiger partial charge on any atom is 0.350 e. The summed E-state index contributed by atoms with van der Waals surface area (Å²) in [6.07, 6.45) is 1.84. The Bertz CT molecular complexity index is 1180. The lowest BCUT2D eigenvalue weighted by molar-refractivity contribution is 0.471. The zero-order chi connectivity index (χ0) is 19.8. The number of benzene rings is 2. The molecule has 2 aromatic heterocycles. The van der Waals surface area contributed by atoms with Gasteiger partial charge in [-0.2, -0.15) is 0 Å². The molecule has 0 radical (unpaired) electrons. The minimum atomic E-state index is -0.0903. The third-order valence-corrected chi connectivity index (χ3v) is 4.99. The summed E-state index contributed by atoms with van der Waals surface area (Å²) in [6, 6.07) is 18.9. The van der Waals surface area contributed by atoms with Crippen LogP contribution >= 0.6 is 0 Å².